The maximum absolute atomic E-state index is 12.3. The number of benzene rings is 1. The van der Waals surface area contributed by atoms with Crippen molar-refractivity contribution in [1.82, 2.24) is 5.32 Å². The number of carbonyl (C=O) groups is 1. The van der Waals surface area contributed by atoms with Gasteiger partial charge in [0.1, 0.15) is 0 Å². The molecule has 1 aliphatic carbocycles. The number of carbonyl (C=O) groups excluding carboxylic acids is 1. The van der Waals surface area contributed by atoms with Crippen molar-refractivity contribution in [2.45, 2.75) is 76.7 Å². The van der Waals surface area contributed by atoms with E-state index in [0.29, 0.717) is 10.0 Å². The van der Waals surface area contributed by atoms with Crippen LogP contribution in [0.5, 0.6) is 0 Å². The Kier molecular flexibility index (Phi) is 9.42. The average molecular weight is 382 g/mol. The van der Waals surface area contributed by atoms with E-state index >= 15 is 0 Å². The van der Waals surface area contributed by atoms with Gasteiger partial charge in [0.2, 0.25) is 5.91 Å². The highest BCUT2D eigenvalue weighted by Gasteiger charge is 2.11. The fraction of sp³-hybridized carbons (Fsp3) is 0.571. The van der Waals surface area contributed by atoms with E-state index in [1.165, 1.54) is 57.8 Å². The molecule has 0 aromatic heterocycles. The Morgan fingerprint density at radius 1 is 0.920 bits per heavy atom. The van der Waals surface area contributed by atoms with Crippen LogP contribution in [0.4, 0.5) is 0 Å². The molecule has 0 unspecified atom stereocenters. The molecule has 138 valence electrons. The van der Waals surface area contributed by atoms with Crippen LogP contribution in [0.1, 0.15) is 76.2 Å². The minimum absolute atomic E-state index is 0.0388. The SMILES string of the molecule is O=C(/C=C/c1ccc(Cl)cc1Cl)NC1CCCCCCCCCCC1. The van der Waals surface area contributed by atoms with Crippen LogP contribution >= 0.6 is 23.2 Å². The second-order valence-corrected chi connectivity index (χ2v) is 7.81. The van der Waals surface area contributed by atoms with E-state index in [9.17, 15) is 4.79 Å². The summed E-state index contributed by atoms with van der Waals surface area (Å²) in [7, 11) is 0. The molecular formula is C21H29Cl2NO. The molecule has 0 radical (unpaired) electrons. The molecule has 0 spiro atoms. The molecule has 4 heteroatoms. The van der Waals surface area contributed by atoms with Gasteiger partial charge >= 0.3 is 0 Å². The molecule has 0 heterocycles. The predicted molar refractivity (Wildman–Crippen MR) is 108 cm³/mol. The van der Waals surface area contributed by atoms with Crippen LogP contribution in [-0.2, 0) is 4.79 Å². The maximum Gasteiger partial charge on any atom is 0.244 e. The first-order valence-corrected chi connectivity index (χ1v) is 10.3. The standard InChI is InChI=1S/C21H29Cl2NO/c22-18-14-12-17(20(23)16-18)13-15-21(25)24-19-10-8-6-4-2-1-3-5-7-9-11-19/h12-16,19H,1-11H2,(H,24,25)/b15-13+. The lowest BCUT2D eigenvalue weighted by atomic mass is 9.98. The summed E-state index contributed by atoms with van der Waals surface area (Å²) in [4.78, 5) is 12.3. The van der Waals surface area contributed by atoms with Gasteiger partial charge in [-0.05, 0) is 36.6 Å². The molecule has 1 amide bonds. The topological polar surface area (TPSA) is 29.1 Å². The summed E-state index contributed by atoms with van der Waals surface area (Å²) < 4.78 is 0. The predicted octanol–water partition coefficient (Wildman–Crippen LogP) is 6.80. The fourth-order valence-corrected chi connectivity index (χ4v) is 3.83. The van der Waals surface area contributed by atoms with Crippen molar-refractivity contribution in [3.8, 4) is 0 Å². The van der Waals surface area contributed by atoms with Gasteiger partial charge in [0, 0.05) is 22.2 Å². The summed E-state index contributed by atoms with van der Waals surface area (Å²) >= 11 is 12.0. The Bertz CT molecular complexity index is 559. The Balaban J connectivity index is 1.86. The lowest BCUT2D eigenvalue weighted by molar-refractivity contribution is -0.117. The summed E-state index contributed by atoms with van der Waals surface area (Å²) in [6.07, 6.45) is 17.2. The third kappa shape index (κ3) is 8.29. The first-order chi connectivity index (χ1) is 12.1. The fourth-order valence-electron chi connectivity index (χ4n) is 3.36. The van der Waals surface area contributed by atoms with E-state index in [4.69, 9.17) is 23.2 Å². The second-order valence-electron chi connectivity index (χ2n) is 6.96. The largest absolute Gasteiger partial charge is 0.350 e. The number of halogens is 2. The van der Waals surface area contributed by atoms with Gasteiger partial charge in [-0.1, -0.05) is 87.1 Å². The third-order valence-electron chi connectivity index (χ3n) is 4.83. The van der Waals surface area contributed by atoms with Gasteiger partial charge in [-0.3, -0.25) is 4.79 Å². The van der Waals surface area contributed by atoms with Gasteiger partial charge < -0.3 is 5.32 Å². The van der Waals surface area contributed by atoms with E-state index in [-0.39, 0.29) is 11.9 Å². The highest BCUT2D eigenvalue weighted by Crippen LogP contribution is 2.22. The summed E-state index contributed by atoms with van der Waals surface area (Å²) in [5.74, 6) is -0.0388. The molecule has 0 aliphatic heterocycles. The molecule has 1 aliphatic rings. The average Bonchev–Trinajstić information content (AvgIpc) is 2.56. The minimum atomic E-state index is -0.0388. The van der Waals surface area contributed by atoms with Crippen LogP contribution in [0.2, 0.25) is 10.0 Å². The lowest BCUT2D eigenvalue weighted by Crippen LogP contribution is -2.33. The first kappa shape index (κ1) is 20.3. The quantitative estimate of drug-likeness (QED) is 0.573. The lowest BCUT2D eigenvalue weighted by Gasteiger charge is -2.18. The van der Waals surface area contributed by atoms with Gasteiger partial charge in [-0.2, -0.15) is 0 Å². The smallest absolute Gasteiger partial charge is 0.244 e. The second kappa shape index (κ2) is 11.6. The van der Waals surface area contributed by atoms with E-state index < -0.39 is 0 Å². The molecule has 2 nitrogen and oxygen atoms in total. The maximum atomic E-state index is 12.3. The number of hydrogen-bond acceptors (Lipinski definition) is 1. The van der Waals surface area contributed by atoms with Crippen LogP contribution in [0, 0.1) is 0 Å². The van der Waals surface area contributed by atoms with Crippen LogP contribution < -0.4 is 5.32 Å². The van der Waals surface area contributed by atoms with Gasteiger partial charge in [0.15, 0.2) is 0 Å². The normalized spacial score (nSPS) is 18.5. The highest BCUT2D eigenvalue weighted by atomic mass is 35.5. The van der Waals surface area contributed by atoms with Gasteiger partial charge in [0.05, 0.1) is 0 Å². The molecule has 0 bridgehead atoms. The zero-order valence-corrected chi connectivity index (χ0v) is 16.4. The van der Waals surface area contributed by atoms with E-state index in [2.05, 4.69) is 5.32 Å². The molecule has 1 aromatic carbocycles. The molecule has 0 saturated heterocycles. The first-order valence-electron chi connectivity index (χ1n) is 9.59. The monoisotopic (exact) mass is 381 g/mol. The highest BCUT2D eigenvalue weighted by molar-refractivity contribution is 6.35. The molecule has 1 fully saturated rings. The summed E-state index contributed by atoms with van der Waals surface area (Å²) in [5, 5.41) is 4.33. The van der Waals surface area contributed by atoms with Crippen molar-refractivity contribution in [3.63, 3.8) is 0 Å². The van der Waals surface area contributed by atoms with Crippen molar-refractivity contribution in [3.05, 3.63) is 39.9 Å². The third-order valence-corrected chi connectivity index (χ3v) is 5.39. The Morgan fingerprint density at radius 2 is 1.48 bits per heavy atom. The van der Waals surface area contributed by atoms with Crippen molar-refractivity contribution >= 4 is 35.2 Å². The van der Waals surface area contributed by atoms with Crippen LogP contribution in [0.3, 0.4) is 0 Å². The van der Waals surface area contributed by atoms with Crippen molar-refractivity contribution in [1.29, 1.82) is 0 Å². The van der Waals surface area contributed by atoms with Gasteiger partial charge in [-0.25, -0.2) is 0 Å². The molecule has 1 saturated carbocycles. The van der Waals surface area contributed by atoms with Crippen LogP contribution in [0.25, 0.3) is 6.08 Å². The van der Waals surface area contributed by atoms with Crippen molar-refractivity contribution in [2.75, 3.05) is 0 Å². The van der Waals surface area contributed by atoms with Crippen molar-refractivity contribution < 1.29 is 4.79 Å². The summed E-state index contributed by atoms with van der Waals surface area (Å²) in [6, 6.07) is 5.58. The van der Waals surface area contributed by atoms with Crippen LogP contribution in [0.15, 0.2) is 24.3 Å². The molecular weight excluding hydrogens is 353 g/mol. The molecule has 2 rings (SSSR count). The Hall–Kier alpha value is -0.990. The Labute approximate surface area is 162 Å². The van der Waals surface area contributed by atoms with E-state index in [0.717, 1.165) is 18.4 Å². The van der Waals surface area contributed by atoms with Crippen molar-refractivity contribution in [2.24, 2.45) is 0 Å². The molecule has 1 aromatic rings. The molecule has 25 heavy (non-hydrogen) atoms. The zero-order valence-electron chi connectivity index (χ0n) is 14.9. The Morgan fingerprint density at radius 3 is 2.04 bits per heavy atom. The molecule has 0 atom stereocenters. The summed E-state index contributed by atoms with van der Waals surface area (Å²) in [5.41, 5.74) is 0.805. The number of rotatable bonds is 3. The van der Waals surface area contributed by atoms with E-state index in [1.54, 1.807) is 24.3 Å². The van der Waals surface area contributed by atoms with Gasteiger partial charge in [-0.15, -0.1) is 0 Å². The molecule has 1 N–H and O–H groups in total. The number of hydrogen-bond donors (Lipinski definition) is 1. The zero-order chi connectivity index (χ0) is 17.9. The van der Waals surface area contributed by atoms with E-state index in [1.807, 2.05) is 6.07 Å². The number of amides is 1. The summed E-state index contributed by atoms with van der Waals surface area (Å²) in [6.45, 7) is 0. The number of nitrogens with one attached hydrogen (secondary N) is 1. The van der Waals surface area contributed by atoms with Gasteiger partial charge in [0.25, 0.3) is 0 Å². The van der Waals surface area contributed by atoms with Crippen LogP contribution in [-0.4, -0.2) is 11.9 Å². The minimum Gasteiger partial charge on any atom is -0.350 e.